The van der Waals surface area contributed by atoms with Crippen molar-refractivity contribution < 1.29 is 14.2 Å². The smallest absolute Gasteiger partial charge is 0.213 e. The summed E-state index contributed by atoms with van der Waals surface area (Å²) in [5.41, 5.74) is 2.40. The molecular formula is C25H19FN4O2. The molecule has 0 bridgehead atoms. The number of hydrogen-bond donors (Lipinski definition) is 1. The normalized spacial score (nSPS) is 19.4. The molecule has 4 aromatic rings. The predicted octanol–water partition coefficient (Wildman–Crippen LogP) is 4.19. The summed E-state index contributed by atoms with van der Waals surface area (Å²) in [6, 6.07) is 17.2. The van der Waals surface area contributed by atoms with Crippen LogP contribution in [0.3, 0.4) is 0 Å². The first-order chi connectivity index (χ1) is 15.5. The van der Waals surface area contributed by atoms with E-state index in [-0.39, 0.29) is 12.0 Å². The van der Waals surface area contributed by atoms with E-state index in [2.05, 4.69) is 9.97 Å². The van der Waals surface area contributed by atoms with E-state index in [0.717, 1.165) is 11.1 Å². The van der Waals surface area contributed by atoms with Gasteiger partial charge in [0.15, 0.2) is 0 Å². The van der Waals surface area contributed by atoms with Crippen molar-refractivity contribution in [3.05, 3.63) is 102 Å². The molecule has 0 spiro atoms. The zero-order valence-electron chi connectivity index (χ0n) is 17.2. The number of imidazole rings is 1. The lowest BCUT2D eigenvalue weighted by Gasteiger charge is -2.24. The number of aliphatic hydroxyl groups is 1. The quantitative estimate of drug-likeness (QED) is 0.529. The average Bonchev–Trinajstić information content (AvgIpc) is 3.43. The van der Waals surface area contributed by atoms with Crippen molar-refractivity contribution >= 4 is 0 Å². The second-order valence-corrected chi connectivity index (χ2v) is 7.78. The lowest BCUT2D eigenvalue weighted by Crippen LogP contribution is -2.24. The van der Waals surface area contributed by atoms with Crippen LogP contribution in [0.2, 0.25) is 0 Å². The van der Waals surface area contributed by atoms with Gasteiger partial charge in [0.1, 0.15) is 11.4 Å². The van der Waals surface area contributed by atoms with Crippen molar-refractivity contribution in [2.45, 2.75) is 18.1 Å². The van der Waals surface area contributed by atoms with Crippen molar-refractivity contribution in [3.63, 3.8) is 0 Å². The summed E-state index contributed by atoms with van der Waals surface area (Å²) < 4.78 is 21.8. The molecule has 0 saturated heterocycles. The number of hydrogen-bond acceptors (Lipinski definition) is 5. The third-order valence-corrected chi connectivity index (χ3v) is 6.02. The van der Waals surface area contributed by atoms with Crippen LogP contribution in [0.5, 0.6) is 5.88 Å². The molecule has 0 unspecified atom stereocenters. The van der Waals surface area contributed by atoms with E-state index in [1.54, 1.807) is 42.5 Å². The molecule has 1 aliphatic heterocycles. The molecule has 0 saturated carbocycles. The van der Waals surface area contributed by atoms with Crippen LogP contribution in [0.4, 0.5) is 4.39 Å². The number of methoxy groups -OCH3 is 1. The molecule has 7 heteroatoms. The van der Waals surface area contributed by atoms with Crippen LogP contribution in [0.15, 0.2) is 73.3 Å². The Balaban J connectivity index is 1.57. The minimum Gasteiger partial charge on any atom is -0.481 e. The second kappa shape index (κ2) is 7.59. The summed E-state index contributed by atoms with van der Waals surface area (Å²) in [6.07, 6.45) is 5.14. The number of nitriles is 1. The molecule has 1 N–H and O–H groups in total. The van der Waals surface area contributed by atoms with Gasteiger partial charge < -0.3 is 14.4 Å². The summed E-state index contributed by atoms with van der Waals surface area (Å²) in [5.74, 6) is 0.0255. The van der Waals surface area contributed by atoms with Gasteiger partial charge in [-0.25, -0.2) is 14.4 Å². The standard InChI is InChI=1S/C25H19FN4O2/c1-32-24-11-18(7-8-29-24)17-3-2-4-19(10-17)25(31)12-22(30-15-28-14-23(25)30)20-6-5-16(13-27)9-21(20)26/h2-11,14-15,22,31H,12H2,1H3/t22-,25+/m1/s1. The van der Waals surface area contributed by atoms with E-state index >= 15 is 0 Å². The zero-order chi connectivity index (χ0) is 22.3. The number of aromatic nitrogens is 3. The molecule has 2 aromatic carbocycles. The molecule has 5 rings (SSSR count). The third-order valence-electron chi connectivity index (χ3n) is 6.02. The van der Waals surface area contributed by atoms with Gasteiger partial charge in [0.05, 0.1) is 43.0 Å². The molecule has 158 valence electrons. The lowest BCUT2D eigenvalue weighted by atomic mass is 9.85. The monoisotopic (exact) mass is 426 g/mol. The number of pyridine rings is 1. The highest BCUT2D eigenvalue weighted by Crippen LogP contribution is 2.47. The van der Waals surface area contributed by atoms with Crippen LogP contribution < -0.4 is 4.74 Å². The lowest BCUT2D eigenvalue weighted by molar-refractivity contribution is 0.0793. The highest BCUT2D eigenvalue weighted by Gasteiger charge is 2.45. The molecule has 0 fully saturated rings. The van der Waals surface area contributed by atoms with Crippen molar-refractivity contribution in [2.24, 2.45) is 0 Å². The Morgan fingerprint density at radius 1 is 1.19 bits per heavy atom. The maximum Gasteiger partial charge on any atom is 0.213 e. The van der Waals surface area contributed by atoms with Crippen molar-refractivity contribution in [2.75, 3.05) is 7.11 Å². The van der Waals surface area contributed by atoms with Crippen LogP contribution >= 0.6 is 0 Å². The topological polar surface area (TPSA) is 84.0 Å². The summed E-state index contributed by atoms with van der Waals surface area (Å²) in [7, 11) is 1.56. The highest BCUT2D eigenvalue weighted by molar-refractivity contribution is 5.65. The van der Waals surface area contributed by atoms with Gasteiger partial charge >= 0.3 is 0 Å². The first kappa shape index (κ1) is 19.9. The Morgan fingerprint density at radius 2 is 2.03 bits per heavy atom. The summed E-state index contributed by atoms with van der Waals surface area (Å²) >= 11 is 0. The molecule has 6 nitrogen and oxygen atoms in total. The molecule has 2 atom stereocenters. The fourth-order valence-electron chi connectivity index (χ4n) is 4.41. The minimum absolute atomic E-state index is 0.247. The summed E-state index contributed by atoms with van der Waals surface area (Å²) in [4.78, 5) is 8.36. The van der Waals surface area contributed by atoms with Crippen LogP contribution in [0, 0.1) is 17.1 Å². The number of halogens is 1. The molecule has 0 amide bonds. The molecule has 0 radical (unpaired) electrons. The SMILES string of the molecule is COc1cc(-c2cccc([C@@]3(O)C[C@H](c4ccc(C#N)cc4F)n4cncc43)c2)ccn1. The maximum atomic E-state index is 14.8. The third kappa shape index (κ3) is 3.13. The van der Waals surface area contributed by atoms with Crippen LogP contribution in [0.25, 0.3) is 11.1 Å². The van der Waals surface area contributed by atoms with E-state index in [1.165, 1.54) is 6.07 Å². The van der Waals surface area contributed by atoms with Gasteiger partial charge in [0, 0.05) is 24.2 Å². The molecule has 3 heterocycles. The van der Waals surface area contributed by atoms with Crippen molar-refractivity contribution in [1.29, 1.82) is 5.26 Å². The number of ether oxygens (including phenoxy) is 1. The highest BCUT2D eigenvalue weighted by atomic mass is 19.1. The van der Waals surface area contributed by atoms with Gasteiger partial charge in [-0.2, -0.15) is 5.26 Å². The van der Waals surface area contributed by atoms with Crippen LogP contribution in [0.1, 0.15) is 34.8 Å². The fourth-order valence-corrected chi connectivity index (χ4v) is 4.41. The first-order valence-electron chi connectivity index (χ1n) is 10.1. The number of nitrogens with zero attached hydrogens (tertiary/aromatic N) is 4. The van der Waals surface area contributed by atoms with Gasteiger partial charge in [-0.15, -0.1) is 0 Å². The largest absolute Gasteiger partial charge is 0.481 e. The van der Waals surface area contributed by atoms with Crippen molar-refractivity contribution in [1.82, 2.24) is 14.5 Å². The Bertz CT molecular complexity index is 1360. The minimum atomic E-state index is -1.35. The van der Waals surface area contributed by atoms with E-state index < -0.39 is 17.5 Å². The van der Waals surface area contributed by atoms with Gasteiger partial charge in [-0.3, -0.25) is 0 Å². The molecular weight excluding hydrogens is 407 g/mol. The maximum absolute atomic E-state index is 14.8. The van der Waals surface area contributed by atoms with Gasteiger partial charge in [-0.1, -0.05) is 24.3 Å². The average molecular weight is 426 g/mol. The molecule has 0 aliphatic carbocycles. The molecule has 1 aliphatic rings. The molecule has 32 heavy (non-hydrogen) atoms. The Morgan fingerprint density at radius 3 is 2.81 bits per heavy atom. The van der Waals surface area contributed by atoms with Crippen molar-refractivity contribution in [3.8, 4) is 23.1 Å². The van der Waals surface area contributed by atoms with Crippen LogP contribution in [-0.4, -0.2) is 26.8 Å². The van der Waals surface area contributed by atoms with E-state index in [1.807, 2.05) is 42.5 Å². The molecule has 2 aromatic heterocycles. The second-order valence-electron chi connectivity index (χ2n) is 7.78. The Labute approximate surface area is 184 Å². The first-order valence-corrected chi connectivity index (χ1v) is 10.1. The zero-order valence-corrected chi connectivity index (χ0v) is 17.2. The number of benzene rings is 2. The summed E-state index contributed by atoms with van der Waals surface area (Å²) in [5, 5.41) is 20.9. The van der Waals surface area contributed by atoms with E-state index in [4.69, 9.17) is 10.00 Å². The number of fused-ring (bicyclic) bond motifs is 1. The Hall–Kier alpha value is -4.02. The van der Waals surface area contributed by atoms with E-state index in [0.29, 0.717) is 22.7 Å². The van der Waals surface area contributed by atoms with Crippen LogP contribution in [-0.2, 0) is 5.60 Å². The van der Waals surface area contributed by atoms with Gasteiger partial charge in [0.2, 0.25) is 5.88 Å². The predicted molar refractivity (Wildman–Crippen MR) is 115 cm³/mol. The van der Waals surface area contributed by atoms with E-state index in [9.17, 15) is 9.50 Å². The van der Waals surface area contributed by atoms with Gasteiger partial charge in [-0.05, 0) is 41.0 Å². The Kier molecular flexibility index (Phi) is 4.72. The summed E-state index contributed by atoms with van der Waals surface area (Å²) in [6.45, 7) is 0. The fraction of sp³-hybridized carbons (Fsp3) is 0.160. The van der Waals surface area contributed by atoms with Gasteiger partial charge in [0.25, 0.3) is 0 Å². The number of rotatable bonds is 4.